The number of carbonyl (C=O) groups excluding carboxylic acids is 1. The highest BCUT2D eigenvalue weighted by atomic mass is 127. The van der Waals surface area contributed by atoms with Crippen molar-refractivity contribution in [2.45, 2.75) is 19.8 Å². The Hall–Kier alpha value is -0.880. The number of benzene rings is 2. The molecule has 1 aliphatic heterocycles. The largest absolute Gasteiger partial charge is 0.308 e. The summed E-state index contributed by atoms with van der Waals surface area (Å²) in [4.78, 5) is 14.9. The lowest BCUT2D eigenvalue weighted by molar-refractivity contribution is 0.0984. The second kappa shape index (κ2) is 6.08. The second-order valence-corrected chi connectivity index (χ2v) is 7.37. The zero-order valence-corrected chi connectivity index (χ0v) is 15.4. The summed E-state index contributed by atoms with van der Waals surface area (Å²) in [7, 11) is 0. The van der Waals surface area contributed by atoms with Crippen molar-refractivity contribution < 1.29 is 4.79 Å². The number of halogens is 2. The van der Waals surface area contributed by atoms with Crippen LogP contribution in [0.2, 0.25) is 0 Å². The molecule has 4 heteroatoms. The van der Waals surface area contributed by atoms with Gasteiger partial charge in [0.05, 0.1) is 11.3 Å². The van der Waals surface area contributed by atoms with Gasteiger partial charge in [-0.2, -0.15) is 0 Å². The molecular weight excluding hydrogens is 441 g/mol. The van der Waals surface area contributed by atoms with Crippen molar-refractivity contribution >= 4 is 50.1 Å². The van der Waals surface area contributed by atoms with E-state index in [2.05, 4.69) is 63.6 Å². The van der Waals surface area contributed by atoms with Crippen LogP contribution in [0.4, 0.5) is 5.69 Å². The second-order valence-electron chi connectivity index (χ2n) is 5.27. The molecule has 2 aromatic rings. The number of para-hydroxylation sites is 1. The Labute approximate surface area is 146 Å². The number of rotatable bonds is 1. The van der Waals surface area contributed by atoms with Crippen LogP contribution >= 0.6 is 38.5 Å². The third kappa shape index (κ3) is 2.88. The third-order valence-corrected chi connectivity index (χ3v) is 5.19. The van der Waals surface area contributed by atoms with Gasteiger partial charge in [0.2, 0.25) is 0 Å². The summed E-state index contributed by atoms with van der Waals surface area (Å²) in [6.07, 6.45) is 2.07. The summed E-state index contributed by atoms with van der Waals surface area (Å²) in [6.45, 7) is 2.86. The molecule has 2 aromatic carbocycles. The maximum Gasteiger partial charge on any atom is 0.259 e. The van der Waals surface area contributed by atoms with Gasteiger partial charge in [0.1, 0.15) is 0 Å². The average molecular weight is 456 g/mol. The third-order valence-electron chi connectivity index (χ3n) is 3.82. The van der Waals surface area contributed by atoms with E-state index in [4.69, 9.17) is 0 Å². The topological polar surface area (TPSA) is 20.3 Å². The van der Waals surface area contributed by atoms with Crippen LogP contribution in [-0.2, 0) is 6.42 Å². The molecule has 0 saturated heterocycles. The van der Waals surface area contributed by atoms with Crippen LogP contribution in [0.25, 0.3) is 0 Å². The van der Waals surface area contributed by atoms with Gasteiger partial charge < -0.3 is 4.90 Å². The van der Waals surface area contributed by atoms with E-state index in [1.165, 1.54) is 11.1 Å². The molecule has 0 unspecified atom stereocenters. The quantitative estimate of drug-likeness (QED) is 0.557. The van der Waals surface area contributed by atoms with Crippen LogP contribution in [0.3, 0.4) is 0 Å². The standard InChI is InChI=1S/C17H15BrINO/c1-11-4-2-5-12-6-3-9-20(16(11)12)17(21)14-10-13(19)7-8-15(14)18/h2,4-5,7-8,10H,3,6,9H2,1H3. The summed E-state index contributed by atoms with van der Waals surface area (Å²) >= 11 is 5.75. The summed E-state index contributed by atoms with van der Waals surface area (Å²) in [6, 6.07) is 12.2. The summed E-state index contributed by atoms with van der Waals surface area (Å²) < 4.78 is 1.93. The molecule has 3 rings (SSSR count). The van der Waals surface area contributed by atoms with E-state index in [0.29, 0.717) is 0 Å². The molecule has 1 heterocycles. The molecule has 0 aromatic heterocycles. The van der Waals surface area contributed by atoms with E-state index in [9.17, 15) is 4.79 Å². The maximum absolute atomic E-state index is 13.0. The van der Waals surface area contributed by atoms with Gasteiger partial charge >= 0.3 is 0 Å². The van der Waals surface area contributed by atoms with Gasteiger partial charge in [0.15, 0.2) is 0 Å². The fourth-order valence-electron chi connectivity index (χ4n) is 2.86. The molecule has 0 spiro atoms. The maximum atomic E-state index is 13.0. The number of hydrogen-bond donors (Lipinski definition) is 0. The smallest absolute Gasteiger partial charge is 0.259 e. The molecule has 0 fully saturated rings. The first-order valence-corrected chi connectivity index (χ1v) is 8.80. The van der Waals surface area contributed by atoms with Crippen molar-refractivity contribution in [3.05, 3.63) is 61.1 Å². The van der Waals surface area contributed by atoms with Crippen molar-refractivity contribution in [2.75, 3.05) is 11.4 Å². The normalized spacial score (nSPS) is 14.0. The Morgan fingerprint density at radius 3 is 2.90 bits per heavy atom. The lowest BCUT2D eigenvalue weighted by Gasteiger charge is -2.31. The first kappa shape index (κ1) is 15.0. The Bertz CT molecular complexity index is 714. The minimum Gasteiger partial charge on any atom is -0.308 e. The number of nitrogens with zero attached hydrogens (tertiary/aromatic N) is 1. The Morgan fingerprint density at radius 2 is 2.10 bits per heavy atom. The summed E-state index contributed by atoms with van der Waals surface area (Å²) in [5, 5.41) is 0. The van der Waals surface area contributed by atoms with Crippen LogP contribution in [0.5, 0.6) is 0 Å². The van der Waals surface area contributed by atoms with Crippen LogP contribution in [-0.4, -0.2) is 12.5 Å². The van der Waals surface area contributed by atoms with Crippen molar-refractivity contribution in [3.63, 3.8) is 0 Å². The van der Waals surface area contributed by atoms with Crippen LogP contribution in [0, 0.1) is 10.5 Å². The molecule has 0 saturated carbocycles. The predicted octanol–water partition coefficient (Wildman–Crippen LogP) is 4.96. The minimum atomic E-state index is 0.0793. The zero-order chi connectivity index (χ0) is 15.0. The molecule has 21 heavy (non-hydrogen) atoms. The summed E-state index contributed by atoms with van der Waals surface area (Å²) in [5.41, 5.74) is 4.27. The average Bonchev–Trinajstić information content (AvgIpc) is 2.49. The van der Waals surface area contributed by atoms with Gasteiger partial charge in [-0.05, 0) is 87.6 Å². The van der Waals surface area contributed by atoms with E-state index in [1.54, 1.807) is 0 Å². The molecule has 0 radical (unpaired) electrons. The first-order chi connectivity index (χ1) is 10.1. The van der Waals surface area contributed by atoms with Gasteiger partial charge in [0.25, 0.3) is 5.91 Å². The molecule has 0 atom stereocenters. The number of aryl methyl sites for hydroxylation is 2. The minimum absolute atomic E-state index is 0.0793. The molecule has 1 amide bonds. The monoisotopic (exact) mass is 455 g/mol. The predicted molar refractivity (Wildman–Crippen MR) is 98.0 cm³/mol. The fraction of sp³-hybridized carbons (Fsp3) is 0.235. The molecule has 0 aliphatic carbocycles. The van der Waals surface area contributed by atoms with Crippen molar-refractivity contribution in [3.8, 4) is 0 Å². The molecule has 1 aliphatic rings. The molecule has 0 bridgehead atoms. The van der Waals surface area contributed by atoms with Gasteiger partial charge in [0, 0.05) is 14.6 Å². The highest BCUT2D eigenvalue weighted by molar-refractivity contribution is 14.1. The van der Waals surface area contributed by atoms with E-state index in [0.717, 1.165) is 38.7 Å². The first-order valence-electron chi connectivity index (χ1n) is 6.93. The number of carbonyl (C=O) groups is 1. The van der Waals surface area contributed by atoms with E-state index in [1.807, 2.05) is 23.1 Å². The molecule has 0 N–H and O–H groups in total. The van der Waals surface area contributed by atoms with E-state index < -0.39 is 0 Å². The molecule has 2 nitrogen and oxygen atoms in total. The Kier molecular flexibility index (Phi) is 4.36. The van der Waals surface area contributed by atoms with Gasteiger partial charge in [-0.15, -0.1) is 0 Å². The van der Waals surface area contributed by atoms with Crippen molar-refractivity contribution in [1.82, 2.24) is 0 Å². The van der Waals surface area contributed by atoms with E-state index >= 15 is 0 Å². The summed E-state index contributed by atoms with van der Waals surface area (Å²) in [5.74, 6) is 0.0793. The highest BCUT2D eigenvalue weighted by Crippen LogP contribution is 2.33. The van der Waals surface area contributed by atoms with Crippen molar-refractivity contribution in [1.29, 1.82) is 0 Å². The van der Waals surface area contributed by atoms with Gasteiger partial charge in [-0.25, -0.2) is 0 Å². The van der Waals surface area contributed by atoms with Gasteiger partial charge in [-0.3, -0.25) is 4.79 Å². The number of fused-ring (bicyclic) bond motifs is 1. The van der Waals surface area contributed by atoms with Crippen LogP contribution < -0.4 is 4.90 Å². The Morgan fingerprint density at radius 1 is 1.29 bits per heavy atom. The lowest BCUT2D eigenvalue weighted by Crippen LogP contribution is -2.36. The van der Waals surface area contributed by atoms with Crippen molar-refractivity contribution in [2.24, 2.45) is 0 Å². The zero-order valence-electron chi connectivity index (χ0n) is 11.7. The molecule has 108 valence electrons. The van der Waals surface area contributed by atoms with E-state index in [-0.39, 0.29) is 5.91 Å². The Balaban J connectivity index is 2.06. The number of anilines is 1. The molecular formula is C17H15BrINO. The number of amides is 1. The SMILES string of the molecule is Cc1cccc2c1N(C(=O)c1cc(I)ccc1Br)CCC2. The van der Waals surface area contributed by atoms with Crippen LogP contribution in [0.15, 0.2) is 40.9 Å². The lowest BCUT2D eigenvalue weighted by atomic mass is 9.97. The van der Waals surface area contributed by atoms with Crippen LogP contribution in [0.1, 0.15) is 27.9 Å². The highest BCUT2D eigenvalue weighted by Gasteiger charge is 2.26. The number of hydrogen-bond acceptors (Lipinski definition) is 1. The fourth-order valence-corrected chi connectivity index (χ4v) is 3.76. The van der Waals surface area contributed by atoms with Gasteiger partial charge in [-0.1, -0.05) is 18.2 Å².